The van der Waals surface area contributed by atoms with Gasteiger partial charge in [0.15, 0.2) is 0 Å². The van der Waals surface area contributed by atoms with Crippen molar-refractivity contribution in [3.05, 3.63) is 11.9 Å². The second-order valence-corrected chi connectivity index (χ2v) is 3.65. The van der Waals surface area contributed by atoms with Gasteiger partial charge in [-0.2, -0.15) is 0 Å². The minimum Gasteiger partial charge on any atom is -0.382 e. The highest BCUT2D eigenvalue weighted by Gasteiger charge is 2.43. The van der Waals surface area contributed by atoms with E-state index in [4.69, 9.17) is 4.74 Å². The molecule has 0 amide bonds. The maximum atomic E-state index is 13.0. The van der Waals surface area contributed by atoms with Crippen molar-refractivity contribution in [1.82, 2.24) is 4.90 Å². The van der Waals surface area contributed by atoms with Gasteiger partial charge in [0.05, 0.1) is 18.7 Å². The summed E-state index contributed by atoms with van der Waals surface area (Å²) in [4.78, 5) is 2.17. The van der Waals surface area contributed by atoms with E-state index in [1.54, 1.807) is 13.2 Å². The van der Waals surface area contributed by atoms with Crippen LogP contribution in [0, 0.1) is 0 Å². The fraction of sp³-hybridized carbons (Fsp3) is 0.778. The molecular formula is C9H14FNO. The Bertz CT molecular complexity index is 217. The fourth-order valence-electron chi connectivity index (χ4n) is 2.33. The summed E-state index contributed by atoms with van der Waals surface area (Å²) in [6.07, 6.45) is 3.94. The number of hydrogen-bond acceptors (Lipinski definition) is 2. The zero-order valence-corrected chi connectivity index (χ0v) is 7.35. The first-order valence-electron chi connectivity index (χ1n) is 4.38. The topological polar surface area (TPSA) is 12.5 Å². The number of fused-ring (bicyclic) bond motifs is 1. The Balaban J connectivity index is 2.18. The summed E-state index contributed by atoms with van der Waals surface area (Å²) in [6, 6.07) is 0. The van der Waals surface area contributed by atoms with Gasteiger partial charge in [-0.3, -0.25) is 4.90 Å². The first-order valence-corrected chi connectivity index (χ1v) is 4.38. The van der Waals surface area contributed by atoms with E-state index in [1.165, 1.54) is 0 Å². The predicted octanol–water partition coefficient (Wildman–Crippen LogP) is 1.33. The van der Waals surface area contributed by atoms with Crippen LogP contribution in [0.2, 0.25) is 0 Å². The highest BCUT2D eigenvalue weighted by molar-refractivity contribution is 5.21. The van der Waals surface area contributed by atoms with Gasteiger partial charge in [0.1, 0.15) is 5.83 Å². The maximum Gasteiger partial charge on any atom is 0.112 e. The van der Waals surface area contributed by atoms with Crippen molar-refractivity contribution in [1.29, 1.82) is 0 Å². The molecule has 1 unspecified atom stereocenters. The van der Waals surface area contributed by atoms with Crippen LogP contribution in [0.3, 0.4) is 0 Å². The molecule has 0 aromatic rings. The van der Waals surface area contributed by atoms with Crippen LogP contribution in [0.15, 0.2) is 11.9 Å². The van der Waals surface area contributed by atoms with Crippen LogP contribution in [-0.4, -0.2) is 37.2 Å². The zero-order valence-electron chi connectivity index (χ0n) is 7.35. The number of halogens is 1. The molecule has 0 bridgehead atoms. The number of hydrogen-bond donors (Lipinski definition) is 0. The second kappa shape index (κ2) is 2.82. The molecule has 2 rings (SSSR count). The molecule has 2 aliphatic heterocycles. The summed E-state index contributed by atoms with van der Waals surface area (Å²) in [5.41, 5.74) is -0.0984. The molecule has 3 heteroatoms. The Morgan fingerprint density at radius 2 is 2.58 bits per heavy atom. The lowest BCUT2D eigenvalue weighted by Crippen LogP contribution is -2.42. The van der Waals surface area contributed by atoms with E-state index < -0.39 is 0 Å². The van der Waals surface area contributed by atoms with Crippen molar-refractivity contribution in [2.24, 2.45) is 0 Å². The van der Waals surface area contributed by atoms with E-state index in [0.717, 1.165) is 19.4 Å². The summed E-state index contributed by atoms with van der Waals surface area (Å²) in [7, 11) is 1.68. The summed E-state index contributed by atoms with van der Waals surface area (Å²) in [6.45, 7) is 2.12. The Kier molecular flexibility index (Phi) is 1.93. The lowest BCUT2D eigenvalue weighted by Gasteiger charge is -2.29. The molecule has 68 valence electrons. The molecule has 0 aliphatic carbocycles. The average Bonchev–Trinajstić information content (AvgIpc) is 2.44. The SMILES string of the molecule is COCC12C=C(F)CN1CCC2. The van der Waals surface area contributed by atoms with Crippen LogP contribution in [0.4, 0.5) is 4.39 Å². The summed E-state index contributed by atoms with van der Waals surface area (Å²) < 4.78 is 18.1. The normalized spacial score (nSPS) is 35.3. The van der Waals surface area contributed by atoms with Crippen molar-refractivity contribution in [3.8, 4) is 0 Å². The van der Waals surface area contributed by atoms with E-state index >= 15 is 0 Å². The smallest absolute Gasteiger partial charge is 0.112 e. The molecule has 12 heavy (non-hydrogen) atoms. The van der Waals surface area contributed by atoms with Crippen LogP contribution in [0.25, 0.3) is 0 Å². The molecule has 0 radical (unpaired) electrons. The van der Waals surface area contributed by atoms with E-state index in [-0.39, 0.29) is 11.4 Å². The fourth-order valence-corrected chi connectivity index (χ4v) is 2.33. The maximum absolute atomic E-state index is 13.0. The van der Waals surface area contributed by atoms with Gasteiger partial charge in [-0.15, -0.1) is 0 Å². The number of methoxy groups -OCH3 is 1. The minimum absolute atomic E-state index is 0.00625. The molecular weight excluding hydrogens is 157 g/mol. The molecule has 2 aliphatic rings. The number of ether oxygens (including phenoxy) is 1. The van der Waals surface area contributed by atoms with E-state index in [1.807, 2.05) is 0 Å². The van der Waals surface area contributed by atoms with Crippen molar-refractivity contribution < 1.29 is 9.13 Å². The summed E-state index contributed by atoms with van der Waals surface area (Å²) in [5.74, 6) is 0.00625. The van der Waals surface area contributed by atoms with Gasteiger partial charge in [-0.25, -0.2) is 4.39 Å². The minimum atomic E-state index is -0.0984. The molecule has 2 nitrogen and oxygen atoms in total. The first-order chi connectivity index (χ1) is 5.77. The molecule has 0 aromatic heterocycles. The molecule has 0 N–H and O–H groups in total. The third-order valence-electron chi connectivity index (χ3n) is 2.83. The predicted molar refractivity (Wildman–Crippen MR) is 44.6 cm³/mol. The average molecular weight is 171 g/mol. The quantitative estimate of drug-likeness (QED) is 0.621. The number of nitrogens with zero attached hydrogens (tertiary/aromatic N) is 1. The Morgan fingerprint density at radius 1 is 1.75 bits per heavy atom. The van der Waals surface area contributed by atoms with Crippen molar-refractivity contribution >= 4 is 0 Å². The third kappa shape index (κ3) is 1.08. The molecule has 1 fully saturated rings. The van der Waals surface area contributed by atoms with Gasteiger partial charge in [0, 0.05) is 7.11 Å². The lowest BCUT2D eigenvalue weighted by atomic mass is 9.99. The first kappa shape index (κ1) is 8.20. The number of rotatable bonds is 2. The second-order valence-electron chi connectivity index (χ2n) is 3.65. The third-order valence-corrected chi connectivity index (χ3v) is 2.83. The van der Waals surface area contributed by atoms with Gasteiger partial charge < -0.3 is 4.74 Å². The van der Waals surface area contributed by atoms with Gasteiger partial charge >= 0.3 is 0 Å². The largest absolute Gasteiger partial charge is 0.382 e. The molecule has 1 saturated heterocycles. The van der Waals surface area contributed by atoms with E-state index in [2.05, 4.69) is 4.90 Å². The van der Waals surface area contributed by atoms with Crippen molar-refractivity contribution in [2.75, 3.05) is 26.8 Å². The van der Waals surface area contributed by atoms with Gasteiger partial charge in [0.2, 0.25) is 0 Å². The molecule has 0 spiro atoms. The zero-order chi connectivity index (χ0) is 8.60. The van der Waals surface area contributed by atoms with Crippen LogP contribution in [0.1, 0.15) is 12.8 Å². The standard InChI is InChI=1S/C9H14FNO/c1-12-7-9-3-2-4-11(9)6-8(10)5-9/h5H,2-4,6-7H2,1H3. The Morgan fingerprint density at radius 3 is 3.33 bits per heavy atom. The highest BCUT2D eigenvalue weighted by Crippen LogP contribution is 2.37. The lowest BCUT2D eigenvalue weighted by molar-refractivity contribution is 0.0848. The van der Waals surface area contributed by atoms with Crippen LogP contribution >= 0.6 is 0 Å². The summed E-state index contributed by atoms with van der Waals surface area (Å²) in [5, 5.41) is 0. The van der Waals surface area contributed by atoms with Crippen molar-refractivity contribution in [2.45, 2.75) is 18.4 Å². The molecule has 0 saturated carbocycles. The van der Waals surface area contributed by atoms with E-state index in [9.17, 15) is 4.39 Å². The van der Waals surface area contributed by atoms with Crippen LogP contribution < -0.4 is 0 Å². The molecule has 0 aromatic carbocycles. The summed E-state index contributed by atoms with van der Waals surface area (Å²) >= 11 is 0. The van der Waals surface area contributed by atoms with Crippen LogP contribution in [0.5, 0.6) is 0 Å². The van der Waals surface area contributed by atoms with Crippen molar-refractivity contribution in [3.63, 3.8) is 0 Å². The van der Waals surface area contributed by atoms with Gasteiger partial charge in [-0.1, -0.05) is 0 Å². The molecule has 1 atom stereocenters. The van der Waals surface area contributed by atoms with E-state index in [0.29, 0.717) is 13.2 Å². The van der Waals surface area contributed by atoms with Crippen LogP contribution in [-0.2, 0) is 4.74 Å². The highest BCUT2D eigenvalue weighted by atomic mass is 19.1. The van der Waals surface area contributed by atoms with Gasteiger partial charge in [-0.05, 0) is 25.5 Å². The monoisotopic (exact) mass is 171 g/mol. The van der Waals surface area contributed by atoms with Gasteiger partial charge in [0.25, 0.3) is 0 Å². The molecule has 2 heterocycles. The Hall–Kier alpha value is -0.410. The Labute approximate surface area is 72.0 Å².